The maximum Gasteiger partial charge on any atom is 0.330 e. The van der Waals surface area contributed by atoms with Crippen molar-refractivity contribution in [1.29, 1.82) is 0 Å². The minimum absolute atomic E-state index is 0.104. The molecule has 6 nitrogen and oxygen atoms in total. The quantitative estimate of drug-likeness (QED) is 0.874. The van der Waals surface area contributed by atoms with Gasteiger partial charge in [0, 0.05) is 12.3 Å². The van der Waals surface area contributed by atoms with E-state index >= 15 is 0 Å². The first-order valence-electron chi connectivity index (χ1n) is 7.79. The van der Waals surface area contributed by atoms with Gasteiger partial charge in [0.25, 0.3) is 5.56 Å². The molecule has 2 heterocycles. The molecule has 0 bridgehead atoms. The zero-order valence-corrected chi connectivity index (χ0v) is 13.1. The summed E-state index contributed by atoms with van der Waals surface area (Å²) < 4.78 is 26.3. The van der Waals surface area contributed by atoms with Crippen molar-refractivity contribution >= 4 is 0 Å². The van der Waals surface area contributed by atoms with Crippen molar-refractivity contribution in [3.63, 3.8) is 0 Å². The lowest BCUT2D eigenvalue weighted by molar-refractivity contribution is -0.125. The molecule has 1 aromatic carbocycles. The molecule has 1 aromatic heterocycles. The van der Waals surface area contributed by atoms with Crippen LogP contribution in [0.25, 0.3) is 0 Å². The summed E-state index contributed by atoms with van der Waals surface area (Å²) in [6.45, 7) is -0.224. The Balaban J connectivity index is 1.64. The smallest absolute Gasteiger partial charge is 0.330 e. The van der Waals surface area contributed by atoms with E-state index < -0.39 is 29.8 Å². The molecule has 0 saturated carbocycles. The summed E-state index contributed by atoms with van der Waals surface area (Å²) in [5.41, 5.74) is -1.10. The molecule has 3 rings (SSSR count). The highest BCUT2D eigenvalue weighted by molar-refractivity contribution is 5.13. The van der Waals surface area contributed by atoms with Gasteiger partial charge in [-0.1, -0.05) is 30.3 Å². The Hall–Kier alpha value is -2.25. The molecule has 1 fully saturated rings. The van der Waals surface area contributed by atoms with Gasteiger partial charge in [0.2, 0.25) is 0 Å². The average Bonchev–Trinajstić information content (AvgIpc) is 3.00. The van der Waals surface area contributed by atoms with Crippen LogP contribution in [0, 0.1) is 0 Å². The summed E-state index contributed by atoms with van der Waals surface area (Å²) in [5.74, 6) is 0. The van der Waals surface area contributed by atoms with Crippen molar-refractivity contribution in [2.45, 2.75) is 31.3 Å². The van der Waals surface area contributed by atoms with Gasteiger partial charge in [0.15, 0.2) is 0 Å². The van der Waals surface area contributed by atoms with Gasteiger partial charge in [-0.15, -0.1) is 0 Å². The van der Waals surface area contributed by atoms with Gasteiger partial charge >= 0.3 is 5.69 Å². The highest BCUT2D eigenvalue weighted by atomic mass is 19.1. The average molecular weight is 334 g/mol. The summed E-state index contributed by atoms with van der Waals surface area (Å²) in [4.78, 5) is 25.1. The lowest BCUT2D eigenvalue weighted by Gasteiger charge is -2.26. The number of benzene rings is 1. The fourth-order valence-electron chi connectivity index (χ4n) is 2.82. The summed E-state index contributed by atoms with van der Waals surface area (Å²) in [7, 11) is 0. The predicted octanol–water partition coefficient (Wildman–Crippen LogP) is 1.77. The third kappa shape index (κ3) is 3.63. The number of hydrogen-bond donors (Lipinski definition) is 1. The van der Waals surface area contributed by atoms with E-state index in [1.807, 2.05) is 30.3 Å². The Kier molecular flexibility index (Phi) is 4.92. The largest absolute Gasteiger partial charge is 0.374 e. The third-order valence-corrected chi connectivity index (χ3v) is 4.11. The van der Waals surface area contributed by atoms with Crippen LogP contribution in [0.3, 0.4) is 0 Å². The summed E-state index contributed by atoms with van der Waals surface area (Å²) >= 11 is 0. The Morgan fingerprint density at radius 1 is 1.29 bits per heavy atom. The van der Waals surface area contributed by atoms with E-state index in [1.54, 1.807) is 0 Å². The minimum atomic E-state index is -1.06. The number of aromatic nitrogens is 2. The van der Waals surface area contributed by atoms with E-state index in [0.717, 1.165) is 5.56 Å². The summed E-state index contributed by atoms with van der Waals surface area (Å²) in [5, 5.41) is 0. The number of rotatable bonds is 6. The Morgan fingerprint density at radius 2 is 2.08 bits per heavy atom. The first-order valence-corrected chi connectivity index (χ1v) is 7.79. The molecule has 1 saturated heterocycles. The number of nitrogens with one attached hydrogen (secondary N) is 1. The molecular weight excluding hydrogens is 315 g/mol. The van der Waals surface area contributed by atoms with E-state index in [2.05, 4.69) is 4.98 Å². The van der Waals surface area contributed by atoms with Crippen molar-refractivity contribution in [1.82, 2.24) is 9.55 Å². The number of H-pyrrole nitrogens is 1. The summed E-state index contributed by atoms with van der Waals surface area (Å²) in [6.07, 6.45) is 1.68. The van der Waals surface area contributed by atoms with Crippen LogP contribution in [0.2, 0.25) is 0 Å². The van der Waals surface area contributed by atoms with E-state index in [9.17, 15) is 14.0 Å². The molecule has 1 aliphatic heterocycles. The van der Waals surface area contributed by atoms with Crippen LogP contribution in [-0.4, -0.2) is 28.4 Å². The summed E-state index contributed by atoms with van der Waals surface area (Å²) in [6, 6.07) is 10.8. The minimum Gasteiger partial charge on any atom is -0.374 e. The number of hydrogen-bond acceptors (Lipinski definition) is 4. The van der Waals surface area contributed by atoms with Crippen LogP contribution in [0.15, 0.2) is 52.2 Å². The predicted molar refractivity (Wildman–Crippen MR) is 85.5 cm³/mol. The van der Waals surface area contributed by atoms with Crippen molar-refractivity contribution < 1.29 is 13.9 Å². The maximum atomic E-state index is 13.6. The monoisotopic (exact) mass is 334 g/mol. The highest BCUT2D eigenvalue weighted by Gasteiger charge is 2.42. The zero-order valence-electron chi connectivity index (χ0n) is 13.1. The SMILES string of the molecule is O=c1ccn([C@H]2CC[C@](CF)(COCc3ccccc3)O2)c(=O)[nH]1. The standard InChI is InChI=1S/C17H19FN2O4/c18-11-17(12-23-10-13-4-2-1-3-5-13)8-6-15(24-17)20-9-7-14(21)19-16(20)22/h1-5,7,9,15H,6,8,10-12H2,(H,19,21,22)/t15-,17+/m1/s1. The first-order chi connectivity index (χ1) is 11.6. The lowest BCUT2D eigenvalue weighted by atomic mass is 10.0. The Labute approximate surface area is 137 Å². The van der Waals surface area contributed by atoms with Crippen LogP contribution in [-0.2, 0) is 16.1 Å². The van der Waals surface area contributed by atoms with Gasteiger partial charge in [-0.2, -0.15) is 0 Å². The van der Waals surface area contributed by atoms with E-state index in [1.165, 1.54) is 16.8 Å². The third-order valence-electron chi connectivity index (χ3n) is 4.11. The van der Waals surface area contributed by atoms with E-state index in [-0.39, 0.29) is 6.61 Å². The van der Waals surface area contributed by atoms with Crippen molar-refractivity contribution in [3.8, 4) is 0 Å². The molecule has 0 unspecified atom stereocenters. The van der Waals surface area contributed by atoms with Gasteiger partial charge in [-0.05, 0) is 18.4 Å². The number of halogens is 1. The molecule has 128 valence electrons. The molecule has 7 heteroatoms. The number of aromatic amines is 1. The number of ether oxygens (including phenoxy) is 2. The molecule has 2 atom stereocenters. The molecular formula is C17H19FN2O4. The number of nitrogens with zero attached hydrogens (tertiary/aromatic N) is 1. The van der Waals surface area contributed by atoms with Crippen LogP contribution >= 0.6 is 0 Å². The Bertz CT molecular complexity index is 789. The highest BCUT2D eigenvalue weighted by Crippen LogP contribution is 2.36. The van der Waals surface area contributed by atoms with Gasteiger partial charge in [-0.3, -0.25) is 14.3 Å². The molecule has 0 aliphatic carbocycles. The second-order valence-corrected chi connectivity index (χ2v) is 5.92. The van der Waals surface area contributed by atoms with Crippen molar-refractivity contribution in [2.75, 3.05) is 13.3 Å². The molecule has 2 aromatic rings. The molecule has 0 amide bonds. The van der Waals surface area contributed by atoms with Crippen molar-refractivity contribution in [2.24, 2.45) is 0 Å². The number of alkyl halides is 1. The second kappa shape index (κ2) is 7.11. The zero-order chi connectivity index (χ0) is 17.0. The lowest BCUT2D eigenvalue weighted by Crippen LogP contribution is -2.38. The van der Waals surface area contributed by atoms with Gasteiger partial charge in [-0.25, -0.2) is 9.18 Å². The van der Waals surface area contributed by atoms with Crippen LogP contribution in [0.1, 0.15) is 24.6 Å². The molecule has 1 aliphatic rings. The van der Waals surface area contributed by atoms with Crippen LogP contribution in [0.5, 0.6) is 0 Å². The fraction of sp³-hybridized carbons (Fsp3) is 0.412. The topological polar surface area (TPSA) is 73.3 Å². The molecule has 0 radical (unpaired) electrons. The van der Waals surface area contributed by atoms with Crippen LogP contribution in [0.4, 0.5) is 4.39 Å². The van der Waals surface area contributed by atoms with E-state index in [0.29, 0.717) is 19.4 Å². The normalized spacial score (nSPS) is 23.5. The van der Waals surface area contributed by atoms with Crippen LogP contribution < -0.4 is 11.2 Å². The second-order valence-electron chi connectivity index (χ2n) is 5.92. The van der Waals surface area contributed by atoms with Gasteiger partial charge in [0.1, 0.15) is 18.5 Å². The molecule has 0 spiro atoms. The van der Waals surface area contributed by atoms with Crippen molar-refractivity contribution in [3.05, 3.63) is 69.0 Å². The first kappa shape index (κ1) is 16.6. The van der Waals surface area contributed by atoms with Gasteiger partial charge < -0.3 is 9.47 Å². The molecule has 24 heavy (non-hydrogen) atoms. The maximum absolute atomic E-state index is 13.6. The van der Waals surface area contributed by atoms with E-state index in [4.69, 9.17) is 9.47 Å². The fourth-order valence-corrected chi connectivity index (χ4v) is 2.82. The van der Waals surface area contributed by atoms with Gasteiger partial charge in [0.05, 0.1) is 13.2 Å². The Morgan fingerprint density at radius 3 is 2.79 bits per heavy atom. The molecule has 1 N–H and O–H groups in total.